The Kier molecular flexibility index (Phi) is 14.2. The molecule has 4 aromatic heterocycles. The molecule has 21 heteroatoms. The number of benzene rings is 2. The Labute approximate surface area is 377 Å². The molecule has 0 spiro atoms. The highest BCUT2D eigenvalue weighted by molar-refractivity contribution is 9.10. The number of imidazole rings is 2. The smallest absolute Gasteiger partial charge is 0.339 e. The van der Waals surface area contributed by atoms with Gasteiger partial charge in [0.25, 0.3) is 0 Å². The molecule has 336 valence electrons. The van der Waals surface area contributed by atoms with E-state index in [2.05, 4.69) is 54.9 Å². The summed E-state index contributed by atoms with van der Waals surface area (Å²) in [6, 6.07) is 14.0. The summed E-state index contributed by atoms with van der Waals surface area (Å²) in [6.07, 6.45) is -2.54. The van der Waals surface area contributed by atoms with Gasteiger partial charge in [-0.25, -0.2) is 19.3 Å². The maximum absolute atomic E-state index is 13.2. The molecule has 1 N–H and O–H groups in total. The van der Waals surface area contributed by atoms with E-state index in [4.69, 9.17) is 23.2 Å². The van der Waals surface area contributed by atoms with Crippen molar-refractivity contribution in [1.29, 1.82) is 0 Å². The number of aromatic nitrogens is 8. The predicted octanol–water partition coefficient (Wildman–Crippen LogP) is 11.0. The van der Waals surface area contributed by atoms with Crippen LogP contribution < -0.4 is 9.80 Å². The highest BCUT2D eigenvalue weighted by Crippen LogP contribution is 2.38. The van der Waals surface area contributed by atoms with Crippen LogP contribution in [0.15, 0.2) is 73.3 Å². The molecule has 2 unspecified atom stereocenters. The topological polar surface area (TPSA) is 123 Å². The van der Waals surface area contributed by atoms with E-state index in [0.29, 0.717) is 28.7 Å². The molecular weight excluding hydrogens is 941 g/mol. The normalized spacial score (nSPS) is 16.8. The molecule has 0 aliphatic carbocycles. The molecule has 63 heavy (non-hydrogen) atoms. The molecule has 8 rings (SSSR count). The Morgan fingerprint density at radius 2 is 1.19 bits per heavy atom. The van der Waals surface area contributed by atoms with Gasteiger partial charge in [-0.05, 0) is 87.1 Å². The van der Waals surface area contributed by atoms with Crippen molar-refractivity contribution < 1.29 is 35.9 Å². The number of hydrogen-bond donors (Lipinski definition) is 1. The number of amides is 2. The first-order valence-electron chi connectivity index (χ1n) is 19.7. The highest BCUT2D eigenvalue weighted by Gasteiger charge is 2.40. The van der Waals surface area contributed by atoms with E-state index < -0.39 is 29.8 Å². The molecule has 6 heterocycles. The van der Waals surface area contributed by atoms with Crippen molar-refractivity contribution in [3.63, 3.8) is 0 Å². The lowest BCUT2D eigenvalue weighted by molar-refractivity contribution is -0.141. The number of halogens is 9. The minimum atomic E-state index is -4.55. The first-order valence-corrected chi connectivity index (χ1v) is 21.4. The van der Waals surface area contributed by atoms with Crippen LogP contribution in [0.3, 0.4) is 0 Å². The molecule has 2 fully saturated rings. The summed E-state index contributed by atoms with van der Waals surface area (Å²) in [7, 11) is 0. The summed E-state index contributed by atoms with van der Waals surface area (Å²) in [5.74, 6) is 0.562. The first-order chi connectivity index (χ1) is 29.6. The van der Waals surface area contributed by atoms with Gasteiger partial charge in [0.15, 0.2) is 5.69 Å². The van der Waals surface area contributed by atoms with Gasteiger partial charge >= 0.3 is 12.4 Å². The van der Waals surface area contributed by atoms with Crippen molar-refractivity contribution >= 4 is 62.3 Å². The lowest BCUT2D eigenvalue weighted by atomic mass is 10.1. The fourth-order valence-electron chi connectivity index (χ4n) is 7.32. The van der Waals surface area contributed by atoms with Crippen molar-refractivity contribution in [1.82, 2.24) is 39.1 Å². The molecule has 2 aromatic carbocycles. The fraction of sp³-hybridized carbons (Fsp3) is 0.381. The number of nitrogens with zero attached hydrogens (tertiary/aromatic N) is 9. The zero-order valence-electron chi connectivity index (χ0n) is 34.8. The second-order valence-corrected chi connectivity index (χ2v) is 17.4. The largest absolute Gasteiger partial charge is 0.434 e. The van der Waals surface area contributed by atoms with Crippen LogP contribution >= 0.6 is 39.1 Å². The number of aromatic amines is 1. The van der Waals surface area contributed by atoms with Crippen LogP contribution in [0.4, 0.5) is 37.7 Å². The van der Waals surface area contributed by atoms with E-state index in [9.17, 15) is 35.9 Å². The van der Waals surface area contributed by atoms with Crippen LogP contribution in [0.25, 0.3) is 11.4 Å². The average molecular weight is 985 g/mol. The van der Waals surface area contributed by atoms with Crippen molar-refractivity contribution in [3.8, 4) is 11.4 Å². The van der Waals surface area contributed by atoms with Crippen molar-refractivity contribution in [2.24, 2.45) is 0 Å². The van der Waals surface area contributed by atoms with Gasteiger partial charge in [-0.3, -0.25) is 9.59 Å². The third kappa shape index (κ3) is 10.5. The molecule has 2 amide bonds. The molecule has 2 atom stereocenters. The highest BCUT2D eigenvalue weighted by atomic mass is 79.9. The number of carbonyl (C=O) groups excluding carboxylic acids is 2. The van der Waals surface area contributed by atoms with E-state index in [1.165, 1.54) is 18.4 Å². The Morgan fingerprint density at radius 3 is 1.56 bits per heavy atom. The van der Waals surface area contributed by atoms with Gasteiger partial charge in [0, 0.05) is 29.3 Å². The Balaban J connectivity index is 0.000000178. The molecule has 0 radical (unpaired) electrons. The average Bonchev–Trinajstić information content (AvgIpc) is 4.07. The van der Waals surface area contributed by atoms with Gasteiger partial charge in [0.2, 0.25) is 11.8 Å². The van der Waals surface area contributed by atoms with Crippen LogP contribution in [0.2, 0.25) is 10.0 Å². The maximum atomic E-state index is 13.2. The first kappa shape index (κ1) is 47.3. The zero-order valence-corrected chi connectivity index (χ0v) is 37.9. The summed E-state index contributed by atoms with van der Waals surface area (Å²) >= 11 is 15.4. The van der Waals surface area contributed by atoms with Crippen molar-refractivity contribution in [2.75, 3.05) is 22.9 Å². The molecule has 2 saturated heterocycles. The van der Waals surface area contributed by atoms with E-state index in [0.717, 1.165) is 53.8 Å². The van der Waals surface area contributed by atoms with E-state index in [-0.39, 0.29) is 40.1 Å². The number of H-pyrrole nitrogens is 1. The second-order valence-electron chi connectivity index (χ2n) is 15.4. The van der Waals surface area contributed by atoms with Gasteiger partial charge in [0.1, 0.15) is 23.4 Å². The molecule has 0 bridgehead atoms. The summed E-state index contributed by atoms with van der Waals surface area (Å²) in [6.45, 7) is 12.3. The van der Waals surface area contributed by atoms with Crippen LogP contribution in [-0.4, -0.2) is 68.8 Å². The third-order valence-corrected chi connectivity index (χ3v) is 11.6. The van der Waals surface area contributed by atoms with Crippen molar-refractivity contribution in [2.45, 2.75) is 89.4 Å². The zero-order chi connectivity index (χ0) is 46.1. The lowest BCUT2D eigenvalue weighted by Crippen LogP contribution is -2.29. The van der Waals surface area contributed by atoms with Gasteiger partial charge in [-0.15, -0.1) is 0 Å². The Bertz CT molecular complexity index is 2550. The SMILES string of the molecule is CC(C)c1c(N2CCC(Br)C2=O)cnn1-c1ccc(Cl)cc1.Cc1nc(C(F)(F)F)cn1C1CCN(c2cnn(-c3ccc(Cl)cc3)c2C(C)C)C1=O.Cc1ncc(C(F)(F)F)[nH]1. The van der Waals surface area contributed by atoms with Gasteiger partial charge < -0.3 is 19.4 Å². The number of aryl methyl sites for hydroxylation is 2. The minimum Gasteiger partial charge on any atom is -0.339 e. The predicted molar refractivity (Wildman–Crippen MR) is 231 cm³/mol. The monoisotopic (exact) mass is 982 g/mol. The van der Waals surface area contributed by atoms with Crippen LogP contribution in [0.5, 0.6) is 0 Å². The molecule has 6 aromatic rings. The number of nitrogens with one attached hydrogen (secondary N) is 1. The van der Waals surface area contributed by atoms with Gasteiger partial charge in [0.05, 0.1) is 57.6 Å². The summed E-state index contributed by atoms with van der Waals surface area (Å²) in [5, 5.41) is 10.3. The molecular formula is C42H43BrCl2F6N10O2. The van der Waals surface area contributed by atoms with Crippen LogP contribution in [0.1, 0.15) is 92.8 Å². The quantitative estimate of drug-likeness (QED) is 0.126. The molecule has 2 aliphatic rings. The summed E-state index contributed by atoms with van der Waals surface area (Å²) < 4.78 is 79.3. The number of carbonyl (C=O) groups is 2. The van der Waals surface area contributed by atoms with E-state index in [1.54, 1.807) is 34.1 Å². The van der Waals surface area contributed by atoms with Gasteiger partial charge in [-0.1, -0.05) is 66.8 Å². The maximum Gasteiger partial charge on any atom is 0.434 e. The fourth-order valence-corrected chi connectivity index (χ4v) is 8.02. The molecule has 0 saturated carbocycles. The van der Waals surface area contributed by atoms with E-state index >= 15 is 0 Å². The molecule has 12 nitrogen and oxygen atoms in total. The third-order valence-electron chi connectivity index (χ3n) is 10.3. The summed E-state index contributed by atoms with van der Waals surface area (Å²) in [5.41, 5.74) is 3.40. The van der Waals surface area contributed by atoms with E-state index in [1.807, 2.05) is 59.8 Å². The number of rotatable bonds is 7. The lowest BCUT2D eigenvalue weighted by Gasteiger charge is -2.20. The summed E-state index contributed by atoms with van der Waals surface area (Å²) in [4.78, 5) is 37.9. The minimum absolute atomic E-state index is 0.0480. The van der Waals surface area contributed by atoms with Crippen LogP contribution in [0, 0.1) is 13.8 Å². The second kappa shape index (κ2) is 18.9. The Hall–Kier alpha value is -5.14. The van der Waals surface area contributed by atoms with Crippen molar-refractivity contribution in [3.05, 3.63) is 118 Å². The number of alkyl halides is 7. The number of hydrogen-bond acceptors (Lipinski definition) is 6. The standard InChI is InChI=1S/C21H21ClF3N5O.C16H17BrClN3O.C5H5F3N2/c1-12(2)19-17(10-26-30(19)15-6-4-14(22)5-7-15)28-9-8-16(20(28)31)29-11-18(21(23,24)25)27-13(29)3;1-10(2)15-14(20-8-7-13(17)16(20)22)9-19-21(15)12-5-3-11(18)4-6-12;1-3-9-2-4(10-3)5(6,7)8/h4-7,10-12,16H,8-9H2,1-3H3;3-6,9-10,13H,7-8H2,1-2H3;2H,1H3,(H,9,10). The van der Waals surface area contributed by atoms with Crippen LogP contribution in [-0.2, 0) is 21.9 Å². The van der Waals surface area contributed by atoms with Gasteiger partial charge in [-0.2, -0.15) is 36.5 Å². The Morgan fingerprint density at radius 1 is 0.714 bits per heavy atom. The number of anilines is 2. The molecule has 2 aliphatic heterocycles.